The third kappa shape index (κ3) is 2.12. The van der Waals surface area contributed by atoms with Crippen LogP contribution in [-0.4, -0.2) is 4.98 Å². The largest absolute Gasteiger partial charge is 0.396 e. The molecule has 2 aromatic rings. The Morgan fingerprint density at radius 2 is 2.38 bits per heavy atom. The third-order valence-corrected chi connectivity index (χ3v) is 2.81. The molecule has 0 aliphatic rings. The van der Waals surface area contributed by atoms with Gasteiger partial charge in [0.15, 0.2) is 0 Å². The molecule has 1 heterocycles. The lowest BCUT2D eigenvalue weighted by Gasteiger charge is -2.08. The second-order valence-electron chi connectivity index (χ2n) is 3.21. The van der Waals surface area contributed by atoms with Crippen molar-refractivity contribution in [3.8, 4) is 6.07 Å². The van der Waals surface area contributed by atoms with Crippen molar-refractivity contribution in [1.82, 2.24) is 4.98 Å². The number of nitrogens with zero attached hydrogens (tertiary/aromatic N) is 2. The number of rotatable bonds is 3. The number of nitrogens with one attached hydrogen (secondary N) is 1. The molecule has 0 aliphatic heterocycles. The van der Waals surface area contributed by atoms with E-state index in [4.69, 9.17) is 11.0 Å². The fraction of sp³-hybridized carbons (Fsp3) is 0.0909. The molecule has 0 unspecified atom stereocenters. The van der Waals surface area contributed by atoms with Gasteiger partial charge in [-0.05, 0) is 12.1 Å². The minimum atomic E-state index is 0.486. The van der Waals surface area contributed by atoms with Crippen LogP contribution in [0.3, 0.4) is 0 Å². The van der Waals surface area contributed by atoms with E-state index in [0.29, 0.717) is 17.8 Å². The van der Waals surface area contributed by atoms with Crippen LogP contribution in [-0.2, 0) is 6.54 Å². The summed E-state index contributed by atoms with van der Waals surface area (Å²) in [4.78, 5) is 4.15. The molecular formula is C11H10N4S. The number of nitrogens with two attached hydrogens (primary N) is 1. The summed E-state index contributed by atoms with van der Waals surface area (Å²) in [6, 6.07) is 7.40. The Labute approximate surface area is 97.4 Å². The van der Waals surface area contributed by atoms with E-state index in [2.05, 4.69) is 16.4 Å². The number of anilines is 2. The SMILES string of the molecule is N#Cc1cccc(NCc2cscn2)c1N. The van der Waals surface area contributed by atoms with Crippen molar-refractivity contribution in [3.63, 3.8) is 0 Å². The quantitative estimate of drug-likeness (QED) is 0.793. The van der Waals surface area contributed by atoms with Gasteiger partial charge in [0.2, 0.25) is 0 Å². The molecule has 16 heavy (non-hydrogen) atoms. The zero-order valence-corrected chi connectivity index (χ0v) is 9.29. The van der Waals surface area contributed by atoms with Gasteiger partial charge in [-0.2, -0.15) is 5.26 Å². The minimum Gasteiger partial charge on any atom is -0.396 e. The van der Waals surface area contributed by atoms with Crippen LogP contribution < -0.4 is 11.1 Å². The van der Waals surface area contributed by atoms with Crippen molar-refractivity contribution >= 4 is 22.7 Å². The van der Waals surface area contributed by atoms with Crippen LogP contribution >= 0.6 is 11.3 Å². The fourth-order valence-electron chi connectivity index (χ4n) is 1.33. The molecule has 5 heteroatoms. The summed E-state index contributed by atoms with van der Waals surface area (Å²) in [6.07, 6.45) is 0. The van der Waals surface area contributed by atoms with E-state index in [1.54, 1.807) is 29.0 Å². The molecule has 0 radical (unpaired) electrons. The highest BCUT2D eigenvalue weighted by Crippen LogP contribution is 2.22. The van der Waals surface area contributed by atoms with Gasteiger partial charge >= 0.3 is 0 Å². The van der Waals surface area contributed by atoms with Gasteiger partial charge in [0.25, 0.3) is 0 Å². The lowest BCUT2D eigenvalue weighted by Crippen LogP contribution is -2.03. The Bertz CT molecular complexity index is 513. The maximum Gasteiger partial charge on any atom is 0.101 e. The third-order valence-electron chi connectivity index (χ3n) is 2.17. The van der Waals surface area contributed by atoms with Crippen molar-refractivity contribution in [1.29, 1.82) is 5.26 Å². The maximum atomic E-state index is 8.83. The molecule has 0 saturated heterocycles. The summed E-state index contributed by atoms with van der Waals surface area (Å²) in [5, 5.41) is 14.0. The highest BCUT2D eigenvalue weighted by atomic mass is 32.1. The molecular weight excluding hydrogens is 220 g/mol. The molecule has 0 saturated carbocycles. The van der Waals surface area contributed by atoms with Crippen molar-refractivity contribution in [2.75, 3.05) is 11.1 Å². The van der Waals surface area contributed by atoms with Crippen LogP contribution in [0.1, 0.15) is 11.3 Å². The molecule has 2 rings (SSSR count). The molecule has 0 atom stereocenters. The fourth-order valence-corrected chi connectivity index (χ4v) is 1.89. The summed E-state index contributed by atoms with van der Waals surface area (Å²) < 4.78 is 0. The number of nitriles is 1. The van der Waals surface area contributed by atoms with E-state index in [9.17, 15) is 0 Å². The smallest absolute Gasteiger partial charge is 0.101 e. The van der Waals surface area contributed by atoms with Crippen LogP contribution in [0.5, 0.6) is 0 Å². The molecule has 4 nitrogen and oxygen atoms in total. The van der Waals surface area contributed by atoms with E-state index >= 15 is 0 Å². The first-order valence-corrected chi connectivity index (χ1v) is 5.65. The van der Waals surface area contributed by atoms with Gasteiger partial charge in [-0.15, -0.1) is 11.3 Å². The van der Waals surface area contributed by atoms with Crippen LogP contribution in [0.25, 0.3) is 0 Å². The van der Waals surface area contributed by atoms with Crippen molar-refractivity contribution in [2.45, 2.75) is 6.54 Å². The van der Waals surface area contributed by atoms with Crippen molar-refractivity contribution in [3.05, 3.63) is 40.3 Å². The van der Waals surface area contributed by atoms with Gasteiger partial charge in [-0.3, -0.25) is 0 Å². The van der Waals surface area contributed by atoms with Gasteiger partial charge in [0.05, 0.1) is 34.7 Å². The second-order valence-corrected chi connectivity index (χ2v) is 3.93. The number of benzene rings is 1. The summed E-state index contributed by atoms with van der Waals surface area (Å²) >= 11 is 1.55. The van der Waals surface area contributed by atoms with Crippen LogP contribution in [0.4, 0.5) is 11.4 Å². The molecule has 1 aromatic heterocycles. The van der Waals surface area contributed by atoms with Gasteiger partial charge in [0, 0.05) is 5.38 Å². The van der Waals surface area contributed by atoms with E-state index in [1.165, 1.54) is 0 Å². The molecule has 0 bridgehead atoms. The van der Waals surface area contributed by atoms with Gasteiger partial charge < -0.3 is 11.1 Å². The van der Waals surface area contributed by atoms with Gasteiger partial charge in [-0.1, -0.05) is 6.07 Å². The zero-order chi connectivity index (χ0) is 11.4. The number of aromatic nitrogens is 1. The highest BCUT2D eigenvalue weighted by molar-refractivity contribution is 7.07. The molecule has 1 aromatic carbocycles. The van der Waals surface area contributed by atoms with E-state index in [1.807, 2.05) is 11.4 Å². The first-order valence-electron chi connectivity index (χ1n) is 4.71. The standard InChI is InChI=1S/C11H10N4S/c12-4-8-2-1-3-10(11(8)13)14-5-9-6-16-7-15-9/h1-3,6-7,14H,5,13H2. The van der Waals surface area contributed by atoms with Gasteiger partial charge in [0.1, 0.15) is 6.07 Å². The minimum absolute atomic E-state index is 0.486. The van der Waals surface area contributed by atoms with Crippen LogP contribution in [0.15, 0.2) is 29.1 Å². The van der Waals surface area contributed by atoms with E-state index < -0.39 is 0 Å². The summed E-state index contributed by atoms with van der Waals surface area (Å²) in [5.74, 6) is 0. The Balaban J connectivity index is 2.13. The molecule has 0 spiro atoms. The average Bonchev–Trinajstić information content (AvgIpc) is 2.81. The number of thiazole rings is 1. The predicted octanol–water partition coefficient (Wildman–Crippen LogP) is 2.21. The monoisotopic (exact) mass is 230 g/mol. The van der Waals surface area contributed by atoms with Crippen molar-refractivity contribution in [2.24, 2.45) is 0 Å². The van der Waals surface area contributed by atoms with Crippen LogP contribution in [0.2, 0.25) is 0 Å². The van der Waals surface area contributed by atoms with Crippen LogP contribution in [0, 0.1) is 11.3 Å². The molecule has 0 aliphatic carbocycles. The lowest BCUT2D eigenvalue weighted by molar-refractivity contribution is 1.07. The first kappa shape index (κ1) is 10.5. The Hall–Kier alpha value is -2.06. The first-order chi connectivity index (χ1) is 7.81. The Morgan fingerprint density at radius 1 is 1.50 bits per heavy atom. The number of para-hydroxylation sites is 1. The lowest BCUT2D eigenvalue weighted by atomic mass is 10.1. The van der Waals surface area contributed by atoms with E-state index in [-0.39, 0.29) is 0 Å². The summed E-state index contributed by atoms with van der Waals surface area (Å²) in [5.41, 5.74) is 10.3. The molecule has 0 fully saturated rings. The molecule has 80 valence electrons. The average molecular weight is 230 g/mol. The second kappa shape index (κ2) is 4.64. The highest BCUT2D eigenvalue weighted by Gasteiger charge is 2.04. The Morgan fingerprint density at radius 3 is 3.06 bits per heavy atom. The topological polar surface area (TPSA) is 74.7 Å². The normalized spacial score (nSPS) is 9.69. The molecule has 3 N–H and O–H groups in total. The van der Waals surface area contributed by atoms with Gasteiger partial charge in [-0.25, -0.2) is 4.98 Å². The number of hydrogen-bond donors (Lipinski definition) is 2. The Kier molecular flexibility index (Phi) is 3.03. The maximum absolute atomic E-state index is 8.83. The summed E-state index contributed by atoms with van der Waals surface area (Å²) in [6.45, 7) is 0.614. The number of nitrogen functional groups attached to an aromatic ring is 1. The van der Waals surface area contributed by atoms with E-state index in [0.717, 1.165) is 11.4 Å². The van der Waals surface area contributed by atoms with Crippen molar-refractivity contribution < 1.29 is 0 Å². The summed E-state index contributed by atoms with van der Waals surface area (Å²) in [7, 11) is 0. The zero-order valence-electron chi connectivity index (χ0n) is 8.47. The molecule has 0 amide bonds. The number of hydrogen-bond acceptors (Lipinski definition) is 5. The predicted molar refractivity (Wildman–Crippen MR) is 65.0 cm³/mol.